The number of carbonyl (C=O) groups excluding carboxylic acids is 1. The molecule has 0 aliphatic carbocycles. The molecule has 1 aliphatic heterocycles. The third-order valence-electron chi connectivity index (χ3n) is 5.51. The first-order valence-corrected chi connectivity index (χ1v) is 11.4. The summed E-state index contributed by atoms with van der Waals surface area (Å²) in [5, 5.41) is 0. The molecule has 1 saturated heterocycles. The van der Waals surface area contributed by atoms with Crippen LogP contribution in [-0.4, -0.2) is 37.2 Å². The van der Waals surface area contributed by atoms with Gasteiger partial charge in [0.15, 0.2) is 0 Å². The molecular formula is C28H30O6. The highest BCUT2D eigenvalue weighted by Crippen LogP contribution is 2.30. The van der Waals surface area contributed by atoms with Gasteiger partial charge >= 0.3 is 5.97 Å². The Morgan fingerprint density at radius 3 is 1.68 bits per heavy atom. The number of rotatable bonds is 11. The molecule has 0 bridgehead atoms. The van der Waals surface area contributed by atoms with Gasteiger partial charge in [-0.15, -0.1) is 0 Å². The molecule has 0 radical (unpaired) electrons. The lowest BCUT2D eigenvalue weighted by Crippen LogP contribution is -2.40. The lowest BCUT2D eigenvalue weighted by atomic mass is 10.1. The summed E-state index contributed by atoms with van der Waals surface area (Å²) in [6, 6.07) is 29.7. The lowest BCUT2D eigenvalue weighted by Gasteiger charge is -2.24. The third kappa shape index (κ3) is 6.98. The van der Waals surface area contributed by atoms with Crippen molar-refractivity contribution in [2.75, 3.05) is 6.61 Å². The van der Waals surface area contributed by atoms with Gasteiger partial charge in [-0.1, -0.05) is 91.0 Å². The van der Waals surface area contributed by atoms with Crippen molar-refractivity contribution in [3.8, 4) is 0 Å². The van der Waals surface area contributed by atoms with Crippen molar-refractivity contribution in [2.24, 2.45) is 0 Å². The summed E-state index contributed by atoms with van der Waals surface area (Å²) >= 11 is 0. The molecule has 4 rings (SSSR count). The average Bonchev–Trinajstić information content (AvgIpc) is 3.18. The van der Waals surface area contributed by atoms with E-state index in [1.54, 1.807) is 0 Å². The van der Waals surface area contributed by atoms with Crippen LogP contribution in [0, 0.1) is 0 Å². The maximum absolute atomic E-state index is 11.8. The van der Waals surface area contributed by atoms with Gasteiger partial charge in [0.2, 0.25) is 6.29 Å². The van der Waals surface area contributed by atoms with Crippen LogP contribution >= 0.6 is 0 Å². The molecule has 2 unspecified atom stereocenters. The van der Waals surface area contributed by atoms with Crippen molar-refractivity contribution in [2.45, 2.75) is 51.3 Å². The van der Waals surface area contributed by atoms with Crippen LogP contribution in [0.15, 0.2) is 91.0 Å². The van der Waals surface area contributed by atoms with Crippen LogP contribution < -0.4 is 0 Å². The summed E-state index contributed by atoms with van der Waals surface area (Å²) in [6.07, 6.45) is -2.42. The highest BCUT2D eigenvalue weighted by atomic mass is 16.7. The minimum atomic E-state index is -0.882. The van der Waals surface area contributed by atoms with E-state index in [1.165, 1.54) is 6.92 Å². The zero-order chi connectivity index (χ0) is 23.6. The Labute approximate surface area is 200 Å². The minimum absolute atomic E-state index is 0.275. The van der Waals surface area contributed by atoms with E-state index in [-0.39, 0.29) is 6.61 Å². The molecule has 3 aromatic carbocycles. The summed E-state index contributed by atoms with van der Waals surface area (Å²) in [5.74, 6) is -0.439. The second-order valence-corrected chi connectivity index (χ2v) is 8.18. The molecule has 4 atom stereocenters. The molecule has 0 amide bonds. The van der Waals surface area contributed by atoms with Crippen LogP contribution in [0.5, 0.6) is 0 Å². The number of benzene rings is 3. The second kappa shape index (κ2) is 12.4. The first kappa shape index (κ1) is 24.1. The molecule has 6 heteroatoms. The quantitative estimate of drug-likeness (QED) is 0.386. The first-order valence-electron chi connectivity index (χ1n) is 11.4. The van der Waals surface area contributed by atoms with Gasteiger partial charge in [-0.25, -0.2) is 0 Å². The molecule has 178 valence electrons. The Balaban J connectivity index is 1.47. The smallest absolute Gasteiger partial charge is 0.305 e. The number of carbonyl (C=O) groups is 1. The summed E-state index contributed by atoms with van der Waals surface area (Å²) in [7, 11) is 0. The van der Waals surface area contributed by atoms with Crippen molar-refractivity contribution in [1.29, 1.82) is 0 Å². The van der Waals surface area contributed by atoms with Gasteiger partial charge in [0.25, 0.3) is 0 Å². The van der Waals surface area contributed by atoms with Gasteiger partial charge in [-0.3, -0.25) is 4.79 Å². The average molecular weight is 463 g/mol. The fourth-order valence-corrected chi connectivity index (χ4v) is 3.86. The molecule has 0 saturated carbocycles. The zero-order valence-electron chi connectivity index (χ0n) is 19.2. The number of hydrogen-bond donors (Lipinski definition) is 0. The normalized spacial score (nSPS) is 21.9. The maximum Gasteiger partial charge on any atom is 0.305 e. The van der Waals surface area contributed by atoms with Gasteiger partial charge in [0.05, 0.1) is 26.4 Å². The molecule has 0 N–H and O–H groups in total. The van der Waals surface area contributed by atoms with Gasteiger partial charge in [-0.05, 0) is 16.7 Å². The van der Waals surface area contributed by atoms with E-state index in [1.807, 2.05) is 91.0 Å². The van der Waals surface area contributed by atoms with Crippen LogP contribution in [0.4, 0.5) is 0 Å². The van der Waals surface area contributed by atoms with Crippen LogP contribution in [0.25, 0.3) is 0 Å². The molecule has 34 heavy (non-hydrogen) atoms. The Morgan fingerprint density at radius 2 is 1.18 bits per heavy atom. The van der Waals surface area contributed by atoms with E-state index in [2.05, 4.69) is 0 Å². The van der Waals surface area contributed by atoms with Crippen molar-refractivity contribution in [3.63, 3.8) is 0 Å². The molecule has 6 nitrogen and oxygen atoms in total. The monoisotopic (exact) mass is 462 g/mol. The maximum atomic E-state index is 11.8. The van der Waals surface area contributed by atoms with Crippen molar-refractivity contribution in [1.82, 2.24) is 0 Å². The van der Waals surface area contributed by atoms with Crippen LogP contribution in [0.1, 0.15) is 23.6 Å². The summed E-state index contributed by atoms with van der Waals surface area (Å²) in [6.45, 7) is 2.80. The fourth-order valence-electron chi connectivity index (χ4n) is 3.86. The van der Waals surface area contributed by atoms with Crippen molar-refractivity contribution < 1.29 is 28.5 Å². The van der Waals surface area contributed by atoms with Gasteiger partial charge in [0.1, 0.15) is 18.3 Å². The lowest BCUT2D eigenvalue weighted by molar-refractivity contribution is -0.195. The molecule has 1 fully saturated rings. The van der Waals surface area contributed by atoms with Crippen LogP contribution in [0.3, 0.4) is 0 Å². The van der Waals surface area contributed by atoms with E-state index in [0.29, 0.717) is 19.8 Å². The first-order chi connectivity index (χ1) is 16.7. The zero-order valence-corrected chi connectivity index (χ0v) is 19.2. The molecular weight excluding hydrogens is 432 g/mol. The predicted molar refractivity (Wildman–Crippen MR) is 127 cm³/mol. The fraction of sp³-hybridized carbons (Fsp3) is 0.321. The highest BCUT2D eigenvalue weighted by molar-refractivity contribution is 5.66. The number of ether oxygens (including phenoxy) is 5. The van der Waals surface area contributed by atoms with Gasteiger partial charge in [-0.2, -0.15) is 0 Å². The summed E-state index contributed by atoms with van der Waals surface area (Å²) in [4.78, 5) is 11.8. The SMILES string of the molecule is CC(=O)OC1O[C@H](COCc2ccccc2)[C@H](OCc2ccccc2)C1OCc1ccccc1. The molecule has 0 aromatic heterocycles. The minimum Gasteiger partial charge on any atom is -0.433 e. The van der Waals surface area contributed by atoms with Crippen molar-refractivity contribution >= 4 is 5.97 Å². The van der Waals surface area contributed by atoms with E-state index in [0.717, 1.165) is 16.7 Å². The third-order valence-corrected chi connectivity index (χ3v) is 5.51. The van der Waals surface area contributed by atoms with Crippen LogP contribution in [-0.2, 0) is 48.3 Å². The Bertz CT molecular complexity index is 995. The topological polar surface area (TPSA) is 63.2 Å². The Morgan fingerprint density at radius 1 is 0.706 bits per heavy atom. The molecule has 3 aromatic rings. The number of hydrogen-bond acceptors (Lipinski definition) is 6. The molecule has 0 spiro atoms. The van der Waals surface area contributed by atoms with Crippen molar-refractivity contribution in [3.05, 3.63) is 108 Å². The summed E-state index contributed by atoms with van der Waals surface area (Å²) < 4.78 is 30.0. The second-order valence-electron chi connectivity index (χ2n) is 8.18. The van der Waals surface area contributed by atoms with E-state index in [9.17, 15) is 4.79 Å². The summed E-state index contributed by atoms with van der Waals surface area (Å²) in [5.41, 5.74) is 3.11. The largest absolute Gasteiger partial charge is 0.433 e. The van der Waals surface area contributed by atoms with E-state index >= 15 is 0 Å². The van der Waals surface area contributed by atoms with Gasteiger partial charge in [0, 0.05) is 6.92 Å². The van der Waals surface area contributed by atoms with Crippen LogP contribution in [0.2, 0.25) is 0 Å². The Kier molecular flexibility index (Phi) is 8.82. The highest BCUT2D eigenvalue weighted by Gasteiger charge is 2.48. The molecule has 1 aliphatic rings. The standard InChI is InChI=1S/C28H30O6/c1-21(29)33-28-27(32-19-24-15-9-4-10-16-24)26(31-18-23-13-7-3-8-14-23)25(34-28)20-30-17-22-11-5-2-6-12-22/h2-16,25-28H,17-20H2,1H3/t25-,26+,27?,28?/m1/s1. The van der Waals surface area contributed by atoms with Gasteiger partial charge < -0.3 is 23.7 Å². The Hall–Kier alpha value is -3.03. The van der Waals surface area contributed by atoms with E-state index in [4.69, 9.17) is 23.7 Å². The number of esters is 1. The van der Waals surface area contributed by atoms with E-state index < -0.39 is 30.6 Å². The predicted octanol–water partition coefficient (Wildman–Crippen LogP) is 4.66. The molecule has 1 heterocycles.